The van der Waals surface area contributed by atoms with E-state index in [0.717, 1.165) is 30.9 Å². The summed E-state index contributed by atoms with van der Waals surface area (Å²) in [5.41, 5.74) is 1.22. The van der Waals surface area contributed by atoms with Crippen LogP contribution in [0.3, 0.4) is 0 Å². The van der Waals surface area contributed by atoms with Gasteiger partial charge in [-0.25, -0.2) is 8.42 Å². The van der Waals surface area contributed by atoms with Crippen LogP contribution in [0, 0.1) is 0 Å². The van der Waals surface area contributed by atoms with Gasteiger partial charge in [-0.05, 0) is 37.0 Å². The maximum Gasteiger partial charge on any atom is 0.191 e. The minimum atomic E-state index is -2.93. The van der Waals surface area contributed by atoms with Gasteiger partial charge in [-0.2, -0.15) is 0 Å². The van der Waals surface area contributed by atoms with E-state index in [0.29, 0.717) is 12.4 Å². The lowest BCUT2D eigenvalue weighted by atomic mass is 9.69. The number of guanidine groups is 1. The lowest BCUT2D eigenvalue weighted by Gasteiger charge is -2.39. The molecular weight excluding hydrogens is 390 g/mol. The molecule has 0 radical (unpaired) electrons. The molecule has 1 unspecified atom stereocenters. The van der Waals surface area contributed by atoms with Crippen molar-refractivity contribution in [2.24, 2.45) is 4.99 Å². The van der Waals surface area contributed by atoms with E-state index in [1.165, 1.54) is 24.8 Å². The highest BCUT2D eigenvalue weighted by Crippen LogP contribution is 2.42. The second kappa shape index (κ2) is 9.24. The molecule has 0 aromatic heterocycles. The number of rotatable bonds is 6. The summed E-state index contributed by atoms with van der Waals surface area (Å²) in [5.74, 6) is 2.56. The van der Waals surface area contributed by atoms with Crippen LogP contribution in [0.5, 0.6) is 11.5 Å². The summed E-state index contributed by atoms with van der Waals surface area (Å²) in [7, 11) is 2.11. The molecule has 1 aliphatic carbocycles. The van der Waals surface area contributed by atoms with Crippen molar-refractivity contribution in [2.45, 2.75) is 50.0 Å². The lowest BCUT2D eigenvalue weighted by Crippen LogP contribution is -2.49. The van der Waals surface area contributed by atoms with E-state index in [1.54, 1.807) is 21.3 Å². The van der Waals surface area contributed by atoms with Crippen molar-refractivity contribution in [1.82, 2.24) is 10.6 Å². The monoisotopic (exact) mass is 423 g/mol. The van der Waals surface area contributed by atoms with E-state index < -0.39 is 9.84 Å². The molecule has 2 fully saturated rings. The molecule has 1 saturated heterocycles. The van der Waals surface area contributed by atoms with Crippen LogP contribution in [0.1, 0.15) is 44.1 Å². The topological polar surface area (TPSA) is 89.0 Å². The number of nitrogens with one attached hydrogen (secondary N) is 2. The Hall–Kier alpha value is -1.96. The molecule has 1 aromatic rings. The molecule has 1 heterocycles. The molecule has 1 aliphatic heterocycles. The Kier molecular flexibility index (Phi) is 6.93. The summed E-state index contributed by atoms with van der Waals surface area (Å²) in [4.78, 5) is 4.32. The van der Waals surface area contributed by atoms with E-state index in [9.17, 15) is 8.42 Å². The third-order valence-corrected chi connectivity index (χ3v) is 7.97. The van der Waals surface area contributed by atoms with Gasteiger partial charge < -0.3 is 20.1 Å². The zero-order chi connectivity index (χ0) is 20.9. The molecule has 8 heteroatoms. The Morgan fingerprint density at radius 2 is 1.90 bits per heavy atom. The second-order valence-electron chi connectivity index (χ2n) is 8.08. The van der Waals surface area contributed by atoms with Crippen LogP contribution in [0.25, 0.3) is 0 Å². The van der Waals surface area contributed by atoms with Gasteiger partial charge >= 0.3 is 0 Å². The third kappa shape index (κ3) is 5.15. The smallest absolute Gasteiger partial charge is 0.191 e. The number of nitrogens with zero attached hydrogens (tertiary/aromatic N) is 1. The summed E-state index contributed by atoms with van der Waals surface area (Å²) in [6, 6.07) is 6.12. The molecule has 0 amide bonds. The fraction of sp³-hybridized carbons (Fsp3) is 0.667. The number of hydrogen-bond donors (Lipinski definition) is 2. The highest BCUT2D eigenvalue weighted by Gasteiger charge is 2.35. The summed E-state index contributed by atoms with van der Waals surface area (Å²) >= 11 is 0. The zero-order valence-electron chi connectivity index (χ0n) is 17.7. The van der Waals surface area contributed by atoms with Crippen LogP contribution in [-0.2, 0) is 15.3 Å². The molecule has 29 heavy (non-hydrogen) atoms. The first kappa shape index (κ1) is 21.7. The Morgan fingerprint density at radius 1 is 1.17 bits per heavy atom. The molecule has 7 nitrogen and oxygen atoms in total. The molecular formula is C21H33N3O4S. The van der Waals surface area contributed by atoms with Crippen molar-refractivity contribution >= 4 is 15.8 Å². The summed E-state index contributed by atoms with van der Waals surface area (Å²) in [5, 5.41) is 6.76. The minimum absolute atomic E-state index is 0.0167. The standard InChI is InChI=1S/C21H33N3O4S/c1-22-20(24-17-9-12-29(25,26)14-17)23-15-21(10-5-4-6-11-21)16-7-8-18(27-2)19(13-16)28-3/h7-8,13,17H,4-6,9-12,14-15H2,1-3H3,(H2,22,23,24). The van der Waals surface area contributed by atoms with Gasteiger partial charge in [-0.15, -0.1) is 0 Å². The number of methoxy groups -OCH3 is 2. The Morgan fingerprint density at radius 3 is 2.48 bits per heavy atom. The van der Waals surface area contributed by atoms with Gasteiger partial charge in [0.05, 0.1) is 25.7 Å². The average Bonchev–Trinajstić information content (AvgIpc) is 3.09. The van der Waals surface area contributed by atoms with Crippen LogP contribution in [0.15, 0.2) is 23.2 Å². The number of sulfone groups is 1. The molecule has 1 aromatic carbocycles. The third-order valence-electron chi connectivity index (χ3n) is 6.20. The van der Waals surface area contributed by atoms with Crippen molar-refractivity contribution in [3.63, 3.8) is 0 Å². The van der Waals surface area contributed by atoms with Crippen molar-refractivity contribution in [3.05, 3.63) is 23.8 Å². The predicted octanol–water partition coefficient (Wildman–Crippen LogP) is 2.26. The highest BCUT2D eigenvalue weighted by molar-refractivity contribution is 7.91. The van der Waals surface area contributed by atoms with Crippen LogP contribution in [0.2, 0.25) is 0 Å². The predicted molar refractivity (Wildman–Crippen MR) is 116 cm³/mol. The normalized spacial score (nSPS) is 23.4. The maximum absolute atomic E-state index is 11.7. The van der Waals surface area contributed by atoms with E-state index >= 15 is 0 Å². The Bertz CT molecular complexity index is 832. The van der Waals surface area contributed by atoms with E-state index in [2.05, 4.69) is 27.8 Å². The molecule has 0 bridgehead atoms. The van der Waals surface area contributed by atoms with Crippen LogP contribution in [0.4, 0.5) is 0 Å². The lowest BCUT2D eigenvalue weighted by molar-refractivity contribution is 0.288. The van der Waals surface area contributed by atoms with E-state index in [-0.39, 0.29) is 23.0 Å². The minimum Gasteiger partial charge on any atom is -0.493 e. The zero-order valence-corrected chi connectivity index (χ0v) is 18.5. The van der Waals surface area contributed by atoms with Crippen molar-refractivity contribution in [3.8, 4) is 11.5 Å². The number of benzene rings is 1. The number of aliphatic imine (C=N–C) groups is 1. The Balaban J connectivity index is 1.75. The second-order valence-corrected chi connectivity index (χ2v) is 10.3. The SMILES string of the molecule is CN=C(NCC1(c2ccc(OC)c(OC)c2)CCCCC1)NC1CCS(=O)(=O)C1. The largest absolute Gasteiger partial charge is 0.493 e. The summed E-state index contributed by atoms with van der Waals surface area (Å²) in [6.45, 7) is 0.738. The summed E-state index contributed by atoms with van der Waals surface area (Å²) < 4.78 is 34.4. The van der Waals surface area contributed by atoms with Crippen LogP contribution >= 0.6 is 0 Å². The fourth-order valence-electron chi connectivity index (χ4n) is 4.51. The van der Waals surface area contributed by atoms with Gasteiger partial charge in [0.25, 0.3) is 0 Å². The first-order valence-corrected chi connectivity index (χ1v) is 12.1. The molecule has 1 saturated carbocycles. The molecule has 3 rings (SSSR count). The van der Waals surface area contributed by atoms with E-state index in [1.807, 2.05) is 6.07 Å². The van der Waals surface area contributed by atoms with Gasteiger partial charge in [0.1, 0.15) is 0 Å². The van der Waals surface area contributed by atoms with Crippen molar-refractivity contribution < 1.29 is 17.9 Å². The average molecular weight is 424 g/mol. The molecule has 2 N–H and O–H groups in total. The maximum atomic E-state index is 11.7. The van der Waals surface area contributed by atoms with Crippen molar-refractivity contribution in [1.29, 1.82) is 0 Å². The molecule has 0 spiro atoms. The highest BCUT2D eigenvalue weighted by atomic mass is 32.2. The fourth-order valence-corrected chi connectivity index (χ4v) is 6.19. The molecule has 162 valence electrons. The van der Waals surface area contributed by atoms with Gasteiger partial charge in [0, 0.05) is 25.0 Å². The summed E-state index contributed by atoms with van der Waals surface area (Å²) in [6.07, 6.45) is 6.42. The Labute approximate surface area is 174 Å². The van der Waals surface area contributed by atoms with E-state index in [4.69, 9.17) is 9.47 Å². The van der Waals surface area contributed by atoms with Gasteiger partial charge in [0.2, 0.25) is 0 Å². The number of hydrogen-bond acceptors (Lipinski definition) is 5. The first-order chi connectivity index (χ1) is 13.9. The van der Waals surface area contributed by atoms with Crippen LogP contribution < -0.4 is 20.1 Å². The van der Waals surface area contributed by atoms with Gasteiger partial charge in [0.15, 0.2) is 27.3 Å². The first-order valence-electron chi connectivity index (χ1n) is 10.3. The van der Waals surface area contributed by atoms with Gasteiger partial charge in [-0.3, -0.25) is 4.99 Å². The quantitative estimate of drug-likeness (QED) is 0.539. The van der Waals surface area contributed by atoms with Crippen LogP contribution in [-0.4, -0.2) is 59.7 Å². The molecule has 2 aliphatic rings. The number of ether oxygens (including phenoxy) is 2. The van der Waals surface area contributed by atoms with Gasteiger partial charge in [-0.1, -0.05) is 25.3 Å². The van der Waals surface area contributed by atoms with Crippen molar-refractivity contribution in [2.75, 3.05) is 39.3 Å². The molecule has 1 atom stereocenters.